The van der Waals surface area contributed by atoms with Crippen LogP contribution in [0.4, 0.5) is 4.79 Å². The van der Waals surface area contributed by atoms with E-state index in [0.717, 1.165) is 31.6 Å². The molecule has 1 aliphatic rings. The second-order valence-electron chi connectivity index (χ2n) is 4.65. The molecule has 1 aromatic heterocycles. The zero-order chi connectivity index (χ0) is 12.3. The summed E-state index contributed by atoms with van der Waals surface area (Å²) < 4.78 is 0. The van der Waals surface area contributed by atoms with Crippen LogP contribution in [0.5, 0.6) is 0 Å². The molecule has 4 nitrogen and oxygen atoms in total. The first-order chi connectivity index (χ1) is 8.16. The number of rotatable bonds is 4. The highest BCUT2D eigenvalue weighted by atomic mass is 32.1. The van der Waals surface area contributed by atoms with Gasteiger partial charge < -0.3 is 10.2 Å². The minimum Gasteiger partial charge on any atom is -0.338 e. The van der Waals surface area contributed by atoms with Crippen LogP contribution in [0.3, 0.4) is 0 Å². The lowest BCUT2D eigenvalue weighted by Gasteiger charge is -2.30. The molecule has 1 fully saturated rings. The number of carbonyl (C=O) groups is 1. The monoisotopic (exact) mass is 253 g/mol. The summed E-state index contributed by atoms with van der Waals surface area (Å²) in [4.78, 5) is 17.9. The van der Waals surface area contributed by atoms with E-state index in [0.29, 0.717) is 12.5 Å². The van der Waals surface area contributed by atoms with Gasteiger partial charge in [0.1, 0.15) is 0 Å². The minimum atomic E-state index is 0.0653. The summed E-state index contributed by atoms with van der Waals surface area (Å²) in [7, 11) is 0. The van der Waals surface area contributed by atoms with E-state index < -0.39 is 0 Å². The van der Waals surface area contributed by atoms with E-state index in [1.807, 2.05) is 4.90 Å². The summed E-state index contributed by atoms with van der Waals surface area (Å²) in [5, 5.41) is 6.19. The zero-order valence-electron chi connectivity index (χ0n) is 10.4. The Bertz CT molecular complexity index is 385. The van der Waals surface area contributed by atoms with E-state index >= 15 is 0 Å². The molecule has 5 heteroatoms. The Morgan fingerprint density at radius 2 is 2.35 bits per heavy atom. The molecule has 2 heterocycles. The van der Waals surface area contributed by atoms with Gasteiger partial charge in [0.05, 0.1) is 10.7 Å². The quantitative estimate of drug-likeness (QED) is 0.894. The lowest BCUT2D eigenvalue weighted by Crippen LogP contribution is -2.48. The third kappa shape index (κ3) is 3.19. The van der Waals surface area contributed by atoms with Crippen molar-refractivity contribution in [2.75, 3.05) is 19.6 Å². The number of thiazole rings is 1. The van der Waals surface area contributed by atoms with Crippen molar-refractivity contribution >= 4 is 17.4 Å². The molecule has 0 aromatic carbocycles. The number of aromatic nitrogens is 1. The number of hydrogen-bond acceptors (Lipinski definition) is 3. The van der Waals surface area contributed by atoms with Crippen LogP contribution in [0, 0.1) is 0 Å². The van der Waals surface area contributed by atoms with Crippen molar-refractivity contribution in [2.45, 2.75) is 32.6 Å². The fraction of sp³-hybridized carbons (Fsp3) is 0.667. The Morgan fingerprint density at radius 1 is 1.59 bits per heavy atom. The average Bonchev–Trinajstić information content (AvgIpc) is 2.63. The molecule has 1 N–H and O–H groups in total. The number of carbonyl (C=O) groups excluding carboxylic acids is 1. The van der Waals surface area contributed by atoms with Crippen molar-refractivity contribution < 1.29 is 4.79 Å². The van der Waals surface area contributed by atoms with E-state index in [4.69, 9.17) is 0 Å². The second-order valence-corrected chi connectivity index (χ2v) is 5.54. The lowest BCUT2D eigenvalue weighted by molar-refractivity contribution is 0.168. The SMILES string of the molecule is CC(C)c1nc(CCNC(=O)N2CCC2)cs1. The third-order valence-electron chi connectivity index (χ3n) is 2.86. The van der Waals surface area contributed by atoms with Gasteiger partial charge in [-0.05, 0) is 6.42 Å². The molecule has 17 heavy (non-hydrogen) atoms. The molecular weight excluding hydrogens is 234 g/mol. The third-order valence-corrected chi connectivity index (χ3v) is 4.06. The lowest BCUT2D eigenvalue weighted by atomic mass is 10.2. The van der Waals surface area contributed by atoms with E-state index in [2.05, 4.69) is 29.5 Å². The molecular formula is C12H19N3OS. The van der Waals surface area contributed by atoms with Gasteiger partial charge in [0.2, 0.25) is 0 Å². The Labute approximate surface area is 106 Å². The summed E-state index contributed by atoms with van der Waals surface area (Å²) in [6.45, 7) is 6.78. The topological polar surface area (TPSA) is 45.2 Å². The molecule has 0 aliphatic carbocycles. The number of nitrogens with zero attached hydrogens (tertiary/aromatic N) is 2. The van der Waals surface area contributed by atoms with Crippen molar-refractivity contribution in [3.63, 3.8) is 0 Å². The van der Waals surface area contributed by atoms with Crippen LogP contribution in [0.15, 0.2) is 5.38 Å². The maximum Gasteiger partial charge on any atom is 0.317 e. The van der Waals surface area contributed by atoms with Gasteiger partial charge in [-0.1, -0.05) is 13.8 Å². The van der Waals surface area contributed by atoms with Crippen LogP contribution in [0.1, 0.15) is 36.9 Å². The van der Waals surface area contributed by atoms with Crippen LogP contribution in [-0.4, -0.2) is 35.5 Å². The predicted octanol–water partition coefficient (Wildman–Crippen LogP) is 2.22. The number of likely N-dealkylation sites (tertiary alicyclic amines) is 1. The molecule has 0 spiro atoms. The van der Waals surface area contributed by atoms with Crippen LogP contribution in [0.25, 0.3) is 0 Å². The molecule has 1 aliphatic heterocycles. The number of nitrogens with one attached hydrogen (secondary N) is 1. The van der Waals surface area contributed by atoms with Crippen LogP contribution in [-0.2, 0) is 6.42 Å². The average molecular weight is 253 g/mol. The summed E-state index contributed by atoms with van der Waals surface area (Å²) in [6.07, 6.45) is 1.96. The molecule has 94 valence electrons. The smallest absolute Gasteiger partial charge is 0.317 e. The first kappa shape index (κ1) is 12.4. The van der Waals surface area contributed by atoms with Crippen LogP contribution < -0.4 is 5.32 Å². The van der Waals surface area contributed by atoms with Crippen molar-refractivity contribution in [2.24, 2.45) is 0 Å². The van der Waals surface area contributed by atoms with Crippen LogP contribution >= 0.6 is 11.3 Å². The Morgan fingerprint density at radius 3 is 2.88 bits per heavy atom. The number of hydrogen-bond donors (Lipinski definition) is 1. The van der Waals surface area contributed by atoms with Gasteiger partial charge in [-0.2, -0.15) is 0 Å². The minimum absolute atomic E-state index is 0.0653. The molecule has 2 rings (SSSR count). The van der Waals surface area contributed by atoms with Gasteiger partial charge in [-0.3, -0.25) is 0 Å². The van der Waals surface area contributed by atoms with Gasteiger partial charge in [0.25, 0.3) is 0 Å². The van der Waals surface area contributed by atoms with Gasteiger partial charge in [0.15, 0.2) is 0 Å². The highest BCUT2D eigenvalue weighted by molar-refractivity contribution is 7.09. The Hall–Kier alpha value is -1.10. The first-order valence-electron chi connectivity index (χ1n) is 6.14. The maximum absolute atomic E-state index is 11.5. The summed E-state index contributed by atoms with van der Waals surface area (Å²) >= 11 is 1.70. The molecule has 0 unspecified atom stereocenters. The zero-order valence-corrected chi connectivity index (χ0v) is 11.2. The van der Waals surface area contributed by atoms with Gasteiger partial charge in [-0.15, -0.1) is 11.3 Å². The van der Waals surface area contributed by atoms with Crippen molar-refractivity contribution in [1.82, 2.24) is 15.2 Å². The fourth-order valence-corrected chi connectivity index (χ4v) is 2.50. The predicted molar refractivity (Wildman–Crippen MR) is 69.5 cm³/mol. The van der Waals surface area contributed by atoms with Crippen LogP contribution in [0.2, 0.25) is 0 Å². The Kier molecular flexibility index (Phi) is 3.99. The molecule has 1 saturated heterocycles. The largest absolute Gasteiger partial charge is 0.338 e. The molecule has 0 radical (unpaired) electrons. The second kappa shape index (κ2) is 5.49. The van der Waals surface area contributed by atoms with Gasteiger partial charge in [0, 0.05) is 37.4 Å². The number of urea groups is 1. The number of amides is 2. The van der Waals surface area contributed by atoms with Crippen molar-refractivity contribution in [1.29, 1.82) is 0 Å². The summed E-state index contributed by atoms with van der Waals surface area (Å²) in [5.74, 6) is 0.490. The molecule has 0 bridgehead atoms. The Balaban J connectivity index is 1.71. The standard InChI is InChI=1S/C12H19N3OS/c1-9(2)11-14-10(8-17-11)4-5-13-12(16)15-6-3-7-15/h8-9H,3-7H2,1-2H3,(H,13,16). The highest BCUT2D eigenvalue weighted by Crippen LogP contribution is 2.19. The first-order valence-corrected chi connectivity index (χ1v) is 7.02. The van der Waals surface area contributed by atoms with E-state index in [1.54, 1.807) is 11.3 Å². The molecule has 0 saturated carbocycles. The maximum atomic E-state index is 11.5. The molecule has 0 atom stereocenters. The molecule has 1 aromatic rings. The fourth-order valence-electron chi connectivity index (χ4n) is 1.63. The molecule has 2 amide bonds. The van der Waals surface area contributed by atoms with E-state index in [-0.39, 0.29) is 6.03 Å². The van der Waals surface area contributed by atoms with E-state index in [9.17, 15) is 4.79 Å². The highest BCUT2D eigenvalue weighted by Gasteiger charge is 2.19. The van der Waals surface area contributed by atoms with Crippen molar-refractivity contribution in [3.8, 4) is 0 Å². The van der Waals surface area contributed by atoms with E-state index in [1.165, 1.54) is 5.01 Å². The van der Waals surface area contributed by atoms with Crippen molar-refractivity contribution in [3.05, 3.63) is 16.1 Å². The van der Waals surface area contributed by atoms with Gasteiger partial charge in [-0.25, -0.2) is 9.78 Å². The summed E-state index contributed by atoms with van der Waals surface area (Å²) in [6, 6.07) is 0.0653. The van der Waals surface area contributed by atoms with Gasteiger partial charge >= 0.3 is 6.03 Å². The summed E-state index contributed by atoms with van der Waals surface area (Å²) in [5.41, 5.74) is 1.09. The normalized spacial score (nSPS) is 14.9.